The van der Waals surface area contributed by atoms with Gasteiger partial charge in [0.1, 0.15) is 5.60 Å². The van der Waals surface area contributed by atoms with Crippen molar-refractivity contribution in [1.82, 2.24) is 15.5 Å². The molecule has 1 aliphatic rings. The second-order valence-electron chi connectivity index (χ2n) is 6.16. The van der Waals surface area contributed by atoms with Crippen LogP contribution in [-0.2, 0) is 4.74 Å². The molecular weight excluding hydrogens is 256 g/mol. The van der Waals surface area contributed by atoms with E-state index in [1.54, 1.807) is 6.20 Å². The van der Waals surface area contributed by atoms with Crippen LogP contribution < -0.4 is 10.2 Å². The largest absolute Gasteiger partial charge is 0.444 e. The molecule has 20 heavy (non-hydrogen) atoms. The van der Waals surface area contributed by atoms with Gasteiger partial charge < -0.3 is 15.0 Å². The van der Waals surface area contributed by atoms with E-state index in [1.807, 2.05) is 32.9 Å². The second kappa shape index (κ2) is 5.64. The summed E-state index contributed by atoms with van der Waals surface area (Å²) in [5.41, 5.74) is -0.473. The Hall–Kier alpha value is -1.85. The maximum absolute atomic E-state index is 11.8. The number of rotatable bonds is 2. The average Bonchev–Trinajstić information content (AvgIpc) is 2.68. The first-order valence-corrected chi connectivity index (χ1v) is 6.89. The molecule has 1 amide bonds. The normalized spacial score (nSPS) is 22.7. The molecular formula is C14H22N4O2. The molecule has 0 radical (unpaired) electrons. The van der Waals surface area contributed by atoms with Crippen LogP contribution in [0.15, 0.2) is 18.3 Å². The number of carbonyl (C=O) groups is 1. The van der Waals surface area contributed by atoms with Crippen LogP contribution in [0.1, 0.15) is 34.1 Å². The lowest BCUT2D eigenvalue weighted by Crippen LogP contribution is -2.40. The lowest BCUT2D eigenvalue weighted by atomic mass is 10.2. The average molecular weight is 278 g/mol. The first-order chi connectivity index (χ1) is 9.35. The van der Waals surface area contributed by atoms with Crippen molar-refractivity contribution in [3.8, 4) is 0 Å². The molecule has 1 aliphatic heterocycles. The smallest absolute Gasteiger partial charge is 0.407 e. The van der Waals surface area contributed by atoms with Crippen molar-refractivity contribution in [3.63, 3.8) is 0 Å². The fourth-order valence-electron chi connectivity index (χ4n) is 2.38. The third kappa shape index (κ3) is 3.82. The van der Waals surface area contributed by atoms with Crippen LogP contribution in [0, 0.1) is 0 Å². The van der Waals surface area contributed by atoms with E-state index in [0.717, 1.165) is 18.8 Å². The number of ether oxygens (including phenoxy) is 1. The van der Waals surface area contributed by atoms with E-state index < -0.39 is 5.60 Å². The van der Waals surface area contributed by atoms with Crippen molar-refractivity contribution in [2.75, 3.05) is 11.4 Å². The van der Waals surface area contributed by atoms with Crippen molar-refractivity contribution in [3.05, 3.63) is 18.3 Å². The minimum absolute atomic E-state index is 0.0712. The highest BCUT2D eigenvalue weighted by atomic mass is 16.6. The number of hydrogen-bond acceptors (Lipinski definition) is 5. The van der Waals surface area contributed by atoms with Gasteiger partial charge in [0.2, 0.25) is 0 Å². The lowest BCUT2D eigenvalue weighted by Gasteiger charge is -2.22. The molecule has 0 spiro atoms. The monoisotopic (exact) mass is 278 g/mol. The summed E-state index contributed by atoms with van der Waals surface area (Å²) in [5.74, 6) is 0.841. The number of carbonyl (C=O) groups excluding carboxylic acids is 1. The van der Waals surface area contributed by atoms with E-state index in [1.165, 1.54) is 0 Å². The minimum Gasteiger partial charge on any atom is -0.444 e. The van der Waals surface area contributed by atoms with E-state index >= 15 is 0 Å². The minimum atomic E-state index is -0.473. The first kappa shape index (κ1) is 14.6. The fourth-order valence-corrected chi connectivity index (χ4v) is 2.38. The number of alkyl carbamates (subject to hydrolysis) is 1. The van der Waals surface area contributed by atoms with E-state index in [2.05, 4.69) is 27.3 Å². The Morgan fingerprint density at radius 3 is 2.85 bits per heavy atom. The third-order valence-electron chi connectivity index (χ3n) is 3.15. The zero-order valence-electron chi connectivity index (χ0n) is 12.5. The Morgan fingerprint density at radius 2 is 2.25 bits per heavy atom. The van der Waals surface area contributed by atoms with E-state index in [-0.39, 0.29) is 12.1 Å². The molecule has 1 aromatic rings. The Labute approximate surface area is 119 Å². The van der Waals surface area contributed by atoms with Gasteiger partial charge in [0.15, 0.2) is 5.82 Å². The molecule has 2 atom stereocenters. The van der Waals surface area contributed by atoms with Gasteiger partial charge in [-0.3, -0.25) is 0 Å². The topological polar surface area (TPSA) is 67.3 Å². The van der Waals surface area contributed by atoms with Gasteiger partial charge in [-0.1, -0.05) is 0 Å². The van der Waals surface area contributed by atoms with Gasteiger partial charge in [-0.25, -0.2) is 4.79 Å². The molecule has 2 heterocycles. The highest BCUT2D eigenvalue weighted by molar-refractivity contribution is 5.68. The predicted octanol–water partition coefficient (Wildman–Crippen LogP) is 1.97. The molecule has 0 bridgehead atoms. The van der Waals surface area contributed by atoms with Crippen LogP contribution >= 0.6 is 0 Å². The summed E-state index contributed by atoms with van der Waals surface area (Å²) >= 11 is 0. The number of hydrogen-bond donors (Lipinski definition) is 1. The molecule has 0 aromatic carbocycles. The number of nitrogens with one attached hydrogen (secondary N) is 1. The molecule has 2 rings (SSSR count). The molecule has 1 N–H and O–H groups in total. The van der Waals surface area contributed by atoms with Crippen molar-refractivity contribution >= 4 is 11.9 Å². The highest BCUT2D eigenvalue weighted by Crippen LogP contribution is 2.23. The number of nitrogens with zero attached hydrogens (tertiary/aromatic N) is 3. The van der Waals surface area contributed by atoms with E-state index in [9.17, 15) is 4.79 Å². The summed E-state index contributed by atoms with van der Waals surface area (Å²) in [6.07, 6.45) is 2.16. The standard InChI is InChI=1S/C14H22N4O2/c1-10-8-11(16-13(19)20-14(2,3)4)9-18(10)12-6-5-7-15-17-12/h5-7,10-11H,8-9H2,1-4H3,(H,16,19)/t10-,11+/m0/s1. The Kier molecular flexibility index (Phi) is 4.11. The summed E-state index contributed by atoms with van der Waals surface area (Å²) in [4.78, 5) is 13.9. The van der Waals surface area contributed by atoms with Crippen molar-refractivity contribution in [2.24, 2.45) is 0 Å². The van der Waals surface area contributed by atoms with Gasteiger partial charge in [0.25, 0.3) is 0 Å². The number of aromatic nitrogens is 2. The zero-order valence-corrected chi connectivity index (χ0v) is 12.5. The van der Waals surface area contributed by atoms with Crippen LogP contribution in [-0.4, -0.2) is 40.5 Å². The van der Waals surface area contributed by atoms with Gasteiger partial charge in [0, 0.05) is 18.8 Å². The fraction of sp³-hybridized carbons (Fsp3) is 0.643. The first-order valence-electron chi connectivity index (χ1n) is 6.89. The molecule has 110 valence electrons. The third-order valence-corrected chi connectivity index (χ3v) is 3.15. The van der Waals surface area contributed by atoms with Crippen molar-refractivity contribution in [1.29, 1.82) is 0 Å². The Balaban J connectivity index is 1.93. The lowest BCUT2D eigenvalue weighted by molar-refractivity contribution is 0.0508. The Morgan fingerprint density at radius 1 is 1.50 bits per heavy atom. The molecule has 0 aliphatic carbocycles. The quantitative estimate of drug-likeness (QED) is 0.895. The number of anilines is 1. The summed E-state index contributed by atoms with van der Waals surface area (Å²) < 4.78 is 5.28. The van der Waals surface area contributed by atoms with Gasteiger partial charge in [-0.2, -0.15) is 5.10 Å². The summed E-state index contributed by atoms with van der Waals surface area (Å²) in [5, 5.41) is 10.9. The van der Waals surface area contributed by atoms with Gasteiger partial charge in [0.05, 0.1) is 6.04 Å². The van der Waals surface area contributed by atoms with Crippen molar-refractivity contribution in [2.45, 2.75) is 51.8 Å². The van der Waals surface area contributed by atoms with Gasteiger partial charge >= 0.3 is 6.09 Å². The van der Waals surface area contributed by atoms with Crippen LogP contribution in [0.25, 0.3) is 0 Å². The van der Waals surface area contributed by atoms with E-state index in [4.69, 9.17) is 4.74 Å². The number of amides is 1. The molecule has 1 fully saturated rings. The molecule has 0 unspecified atom stereocenters. The summed E-state index contributed by atoms with van der Waals surface area (Å²) in [7, 11) is 0. The molecule has 0 saturated carbocycles. The van der Waals surface area contributed by atoms with Crippen LogP contribution in [0.3, 0.4) is 0 Å². The van der Waals surface area contributed by atoms with Crippen molar-refractivity contribution < 1.29 is 9.53 Å². The maximum Gasteiger partial charge on any atom is 0.407 e. The summed E-state index contributed by atoms with van der Waals surface area (Å²) in [6.45, 7) is 8.41. The molecule has 1 aromatic heterocycles. The van der Waals surface area contributed by atoms with Crippen LogP contribution in [0.2, 0.25) is 0 Å². The van der Waals surface area contributed by atoms with Crippen LogP contribution in [0.5, 0.6) is 0 Å². The molecule has 1 saturated heterocycles. The zero-order chi connectivity index (χ0) is 14.8. The maximum atomic E-state index is 11.8. The Bertz CT molecular complexity index is 458. The SMILES string of the molecule is C[C@H]1C[C@@H](NC(=O)OC(C)(C)C)CN1c1cccnn1. The van der Waals surface area contributed by atoms with E-state index in [0.29, 0.717) is 6.04 Å². The second-order valence-corrected chi connectivity index (χ2v) is 6.16. The molecule has 6 nitrogen and oxygen atoms in total. The van der Waals surface area contributed by atoms with Gasteiger partial charge in [-0.15, -0.1) is 5.10 Å². The van der Waals surface area contributed by atoms with Gasteiger partial charge in [-0.05, 0) is 46.2 Å². The van der Waals surface area contributed by atoms with Crippen LogP contribution in [0.4, 0.5) is 10.6 Å². The summed E-state index contributed by atoms with van der Waals surface area (Å²) in [6, 6.07) is 4.18. The predicted molar refractivity (Wildman–Crippen MR) is 76.6 cm³/mol. The molecule has 6 heteroatoms. The highest BCUT2D eigenvalue weighted by Gasteiger charge is 2.32.